The standard InChI is InChI=1S/C16H25NO.H2/c1-5-7-16(18)17-13(4)15-9-6-8-14(11-15)10-12(2)3;/h6,8-9,11-13H,5,7,10H2,1-4H3,(H,17,18);1H. The molecule has 0 aliphatic carbocycles. The number of nitrogens with one attached hydrogen (secondary N) is 1. The van der Waals surface area contributed by atoms with Crippen molar-refractivity contribution in [2.24, 2.45) is 5.92 Å². The van der Waals surface area contributed by atoms with Crippen LogP contribution in [0.1, 0.15) is 59.1 Å². The van der Waals surface area contributed by atoms with Gasteiger partial charge in [0.1, 0.15) is 0 Å². The molecule has 1 unspecified atom stereocenters. The van der Waals surface area contributed by atoms with E-state index in [2.05, 4.69) is 43.4 Å². The molecule has 0 saturated carbocycles. The summed E-state index contributed by atoms with van der Waals surface area (Å²) >= 11 is 0. The maximum absolute atomic E-state index is 11.6. The van der Waals surface area contributed by atoms with Gasteiger partial charge in [-0.3, -0.25) is 4.79 Å². The molecule has 0 radical (unpaired) electrons. The summed E-state index contributed by atoms with van der Waals surface area (Å²) in [7, 11) is 0. The van der Waals surface area contributed by atoms with Gasteiger partial charge in [0.2, 0.25) is 5.91 Å². The van der Waals surface area contributed by atoms with Gasteiger partial charge in [-0.25, -0.2) is 0 Å². The summed E-state index contributed by atoms with van der Waals surface area (Å²) in [5.74, 6) is 0.796. The summed E-state index contributed by atoms with van der Waals surface area (Å²) < 4.78 is 0. The van der Waals surface area contributed by atoms with Gasteiger partial charge in [0.25, 0.3) is 0 Å². The Labute approximate surface area is 112 Å². The maximum Gasteiger partial charge on any atom is 0.220 e. The molecule has 0 spiro atoms. The quantitative estimate of drug-likeness (QED) is 0.807. The van der Waals surface area contributed by atoms with E-state index in [9.17, 15) is 4.79 Å². The van der Waals surface area contributed by atoms with Gasteiger partial charge < -0.3 is 5.32 Å². The van der Waals surface area contributed by atoms with Crippen molar-refractivity contribution in [1.29, 1.82) is 0 Å². The van der Waals surface area contributed by atoms with E-state index < -0.39 is 0 Å². The highest BCUT2D eigenvalue weighted by Gasteiger charge is 2.09. The fourth-order valence-corrected chi connectivity index (χ4v) is 2.08. The van der Waals surface area contributed by atoms with Gasteiger partial charge in [-0.1, -0.05) is 45.0 Å². The van der Waals surface area contributed by atoms with E-state index >= 15 is 0 Å². The van der Waals surface area contributed by atoms with Crippen molar-refractivity contribution in [3.63, 3.8) is 0 Å². The minimum Gasteiger partial charge on any atom is -0.350 e. The molecule has 102 valence electrons. The van der Waals surface area contributed by atoms with Crippen LogP contribution in [0.5, 0.6) is 0 Å². The van der Waals surface area contributed by atoms with Gasteiger partial charge in [0.05, 0.1) is 6.04 Å². The predicted molar refractivity (Wildman–Crippen MR) is 78.6 cm³/mol. The molecule has 1 amide bonds. The SMILES string of the molecule is CCCC(=O)NC(C)c1cccc(CC(C)C)c1.[HH]. The van der Waals surface area contributed by atoms with Crippen LogP contribution in [0.4, 0.5) is 0 Å². The highest BCUT2D eigenvalue weighted by atomic mass is 16.1. The minimum absolute atomic E-state index is 0. The molecule has 2 nitrogen and oxygen atoms in total. The van der Waals surface area contributed by atoms with Crippen LogP contribution in [-0.4, -0.2) is 5.91 Å². The Morgan fingerprint density at radius 2 is 2.06 bits per heavy atom. The summed E-state index contributed by atoms with van der Waals surface area (Å²) in [4.78, 5) is 11.6. The van der Waals surface area contributed by atoms with E-state index in [0.29, 0.717) is 12.3 Å². The highest BCUT2D eigenvalue weighted by Crippen LogP contribution is 2.16. The Bertz CT molecular complexity index is 390. The van der Waals surface area contributed by atoms with Crippen LogP contribution < -0.4 is 5.32 Å². The van der Waals surface area contributed by atoms with E-state index in [1.807, 2.05) is 13.8 Å². The topological polar surface area (TPSA) is 29.1 Å². The molecule has 0 saturated heterocycles. The number of rotatable bonds is 6. The monoisotopic (exact) mass is 249 g/mol. The van der Waals surface area contributed by atoms with Crippen molar-refractivity contribution >= 4 is 5.91 Å². The molecule has 1 N–H and O–H groups in total. The van der Waals surface area contributed by atoms with Crippen LogP contribution in [0.2, 0.25) is 0 Å². The van der Waals surface area contributed by atoms with Gasteiger partial charge in [0.15, 0.2) is 0 Å². The van der Waals surface area contributed by atoms with E-state index in [4.69, 9.17) is 0 Å². The molecule has 1 aromatic rings. The summed E-state index contributed by atoms with van der Waals surface area (Å²) in [6.45, 7) is 8.51. The zero-order chi connectivity index (χ0) is 13.5. The maximum atomic E-state index is 11.6. The van der Waals surface area contributed by atoms with Crippen LogP contribution in [0.3, 0.4) is 0 Å². The van der Waals surface area contributed by atoms with Crippen LogP contribution in [-0.2, 0) is 11.2 Å². The molecule has 2 heteroatoms. The van der Waals surface area contributed by atoms with Gasteiger partial charge in [0, 0.05) is 7.85 Å². The molecule has 0 aliphatic heterocycles. The second kappa shape index (κ2) is 7.20. The molecular formula is C16H27NO. The molecule has 0 aliphatic rings. The first-order chi connectivity index (χ1) is 8.52. The van der Waals surface area contributed by atoms with Gasteiger partial charge >= 0.3 is 0 Å². The van der Waals surface area contributed by atoms with Gasteiger partial charge in [-0.05, 0) is 36.8 Å². The number of benzene rings is 1. The Hall–Kier alpha value is -1.31. The largest absolute Gasteiger partial charge is 0.350 e. The fraction of sp³-hybridized carbons (Fsp3) is 0.562. The summed E-state index contributed by atoms with van der Waals surface area (Å²) in [6, 6.07) is 8.62. The lowest BCUT2D eigenvalue weighted by Crippen LogP contribution is -2.26. The summed E-state index contributed by atoms with van der Waals surface area (Å²) in [5.41, 5.74) is 2.54. The average Bonchev–Trinajstić information content (AvgIpc) is 2.28. The smallest absolute Gasteiger partial charge is 0.220 e. The lowest BCUT2D eigenvalue weighted by atomic mass is 9.99. The third-order valence-corrected chi connectivity index (χ3v) is 2.95. The van der Waals surface area contributed by atoms with Crippen LogP contribution in [0, 0.1) is 5.92 Å². The minimum atomic E-state index is 0. The van der Waals surface area contributed by atoms with E-state index in [1.165, 1.54) is 11.1 Å². The normalized spacial score (nSPS) is 12.5. The Balaban J connectivity index is 0.00000324. The van der Waals surface area contributed by atoms with E-state index in [-0.39, 0.29) is 13.4 Å². The molecule has 18 heavy (non-hydrogen) atoms. The number of carbonyl (C=O) groups excluding carboxylic acids is 1. The summed E-state index contributed by atoms with van der Waals surface area (Å²) in [5, 5.41) is 3.04. The summed E-state index contributed by atoms with van der Waals surface area (Å²) in [6.07, 6.45) is 2.59. The molecule has 1 atom stereocenters. The molecule has 0 fully saturated rings. The Morgan fingerprint density at radius 1 is 1.33 bits per heavy atom. The predicted octanol–water partition coefficient (Wildman–Crippen LogP) is 4.11. The first kappa shape index (κ1) is 14.7. The molecule has 0 bridgehead atoms. The van der Waals surface area contributed by atoms with Crippen LogP contribution in [0.25, 0.3) is 0 Å². The third-order valence-electron chi connectivity index (χ3n) is 2.95. The molecule has 0 aromatic heterocycles. The first-order valence-corrected chi connectivity index (χ1v) is 6.91. The molecule has 1 rings (SSSR count). The van der Waals surface area contributed by atoms with E-state index in [0.717, 1.165) is 12.8 Å². The lowest BCUT2D eigenvalue weighted by Gasteiger charge is -2.15. The highest BCUT2D eigenvalue weighted by molar-refractivity contribution is 5.76. The number of amides is 1. The van der Waals surface area contributed by atoms with Crippen LogP contribution in [0.15, 0.2) is 24.3 Å². The number of hydrogen-bond acceptors (Lipinski definition) is 1. The number of hydrogen-bond donors (Lipinski definition) is 1. The van der Waals surface area contributed by atoms with Crippen molar-refractivity contribution in [2.75, 3.05) is 0 Å². The van der Waals surface area contributed by atoms with Crippen LogP contribution >= 0.6 is 0 Å². The first-order valence-electron chi connectivity index (χ1n) is 6.91. The molecule has 1 aromatic carbocycles. The average molecular weight is 249 g/mol. The zero-order valence-electron chi connectivity index (χ0n) is 12.0. The Morgan fingerprint density at radius 3 is 2.67 bits per heavy atom. The van der Waals surface area contributed by atoms with Crippen molar-refractivity contribution in [1.82, 2.24) is 5.32 Å². The molecular weight excluding hydrogens is 222 g/mol. The zero-order valence-corrected chi connectivity index (χ0v) is 12.0. The molecule has 0 heterocycles. The van der Waals surface area contributed by atoms with Crippen molar-refractivity contribution in [3.05, 3.63) is 35.4 Å². The fourth-order valence-electron chi connectivity index (χ4n) is 2.08. The third kappa shape index (κ3) is 4.91. The Kier molecular flexibility index (Phi) is 5.90. The van der Waals surface area contributed by atoms with Gasteiger partial charge in [-0.15, -0.1) is 0 Å². The van der Waals surface area contributed by atoms with Crippen molar-refractivity contribution in [2.45, 2.75) is 53.0 Å². The van der Waals surface area contributed by atoms with E-state index in [1.54, 1.807) is 0 Å². The lowest BCUT2D eigenvalue weighted by molar-refractivity contribution is -0.121. The second-order valence-electron chi connectivity index (χ2n) is 5.38. The van der Waals surface area contributed by atoms with Crippen molar-refractivity contribution < 1.29 is 6.22 Å². The van der Waals surface area contributed by atoms with Gasteiger partial charge in [-0.2, -0.15) is 0 Å². The number of carbonyl (C=O) groups is 1. The second-order valence-corrected chi connectivity index (χ2v) is 5.38. The van der Waals surface area contributed by atoms with Crippen molar-refractivity contribution in [3.8, 4) is 0 Å².